The molecule has 4 rings (SSSR count). The Morgan fingerprint density at radius 3 is 2.91 bits per heavy atom. The van der Waals surface area contributed by atoms with Gasteiger partial charge in [0, 0.05) is 24.0 Å². The van der Waals surface area contributed by atoms with Crippen molar-refractivity contribution in [2.24, 2.45) is 5.41 Å². The highest BCUT2D eigenvalue weighted by atomic mass is 16.5. The summed E-state index contributed by atoms with van der Waals surface area (Å²) in [6.07, 6.45) is 10.5. The number of methoxy groups -OCH3 is 1. The third kappa shape index (κ3) is 1.92. The first-order valence-corrected chi connectivity index (χ1v) is 8.65. The van der Waals surface area contributed by atoms with Crippen molar-refractivity contribution in [3.05, 3.63) is 29.3 Å². The van der Waals surface area contributed by atoms with Crippen LogP contribution in [0.1, 0.15) is 49.8 Å². The van der Waals surface area contributed by atoms with E-state index in [9.17, 15) is 5.11 Å². The summed E-state index contributed by atoms with van der Waals surface area (Å²) < 4.78 is 5.37. The van der Waals surface area contributed by atoms with E-state index in [1.54, 1.807) is 7.11 Å². The summed E-state index contributed by atoms with van der Waals surface area (Å²) >= 11 is 0. The van der Waals surface area contributed by atoms with E-state index in [1.165, 1.54) is 11.1 Å². The van der Waals surface area contributed by atoms with Gasteiger partial charge in [-0.2, -0.15) is 0 Å². The molecule has 0 bridgehead atoms. The van der Waals surface area contributed by atoms with E-state index in [-0.39, 0.29) is 5.41 Å². The molecule has 1 saturated carbocycles. The molecule has 1 aromatic rings. The number of benzene rings is 1. The van der Waals surface area contributed by atoms with Crippen LogP contribution in [0.15, 0.2) is 18.2 Å². The molecule has 1 aliphatic carbocycles. The van der Waals surface area contributed by atoms with Crippen molar-refractivity contribution in [2.75, 3.05) is 13.7 Å². The first-order valence-electron chi connectivity index (χ1n) is 8.65. The highest BCUT2D eigenvalue weighted by molar-refractivity contribution is 5.40. The van der Waals surface area contributed by atoms with Crippen LogP contribution in [-0.4, -0.2) is 35.3 Å². The summed E-state index contributed by atoms with van der Waals surface area (Å²) in [5.74, 6) is 3.67. The zero-order valence-electron chi connectivity index (χ0n) is 14.0. The van der Waals surface area contributed by atoms with Crippen LogP contribution in [0.3, 0.4) is 0 Å². The summed E-state index contributed by atoms with van der Waals surface area (Å²) in [7, 11) is 1.72. The van der Waals surface area contributed by atoms with Crippen LogP contribution in [0.4, 0.5) is 0 Å². The standard InChI is InChI=1S/C20H25NO2/c1-4-20(22)11-8-18-19(20,2)10-7-17-16-6-5-15(23-3)13-14(16)9-12-21(17)18/h1,5-6,13,17-18,22H,7-12H2,2-3H3/t17-,18-,19-,20-/m0/s1. The van der Waals surface area contributed by atoms with Gasteiger partial charge in [0.2, 0.25) is 0 Å². The fraction of sp³-hybridized carbons (Fsp3) is 0.600. The SMILES string of the molecule is C#C[C@]1(O)CC[C@@H]2N3CCc4cc(OC)ccc4[C@@H]3CC[C@@]21C. The molecule has 0 spiro atoms. The molecule has 0 aromatic heterocycles. The van der Waals surface area contributed by atoms with Crippen molar-refractivity contribution in [3.8, 4) is 18.1 Å². The van der Waals surface area contributed by atoms with Gasteiger partial charge in [-0.05, 0) is 55.4 Å². The molecule has 0 radical (unpaired) electrons. The molecule has 1 saturated heterocycles. The van der Waals surface area contributed by atoms with E-state index < -0.39 is 5.60 Å². The average Bonchev–Trinajstić information content (AvgIpc) is 2.86. The van der Waals surface area contributed by atoms with Gasteiger partial charge < -0.3 is 9.84 Å². The van der Waals surface area contributed by atoms with Crippen LogP contribution in [0.5, 0.6) is 5.75 Å². The Morgan fingerprint density at radius 1 is 1.35 bits per heavy atom. The molecule has 4 atom stereocenters. The zero-order chi connectivity index (χ0) is 16.2. The van der Waals surface area contributed by atoms with Gasteiger partial charge in [0.1, 0.15) is 11.4 Å². The second kappa shape index (κ2) is 5.00. The average molecular weight is 311 g/mol. The topological polar surface area (TPSA) is 32.7 Å². The number of hydrogen-bond donors (Lipinski definition) is 1. The van der Waals surface area contributed by atoms with Crippen molar-refractivity contribution < 1.29 is 9.84 Å². The summed E-state index contributed by atoms with van der Waals surface area (Å²) in [4.78, 5) is 2.62. The highest BCUT2D eigenvalue weighted by Crippen LogP contribution is 2.58. The first kappa shape index (κ1) is 15.1. The van der Waals surface area contributed by atoms with E-state index in [0.717, 1.165) is 44.4 Å². The Morgan fingerprint density at radius 2 is 2.17 bits per heavy atom. The minimum atomic E-state index is -0.942. The Labute approximate surface area is 138 Å². The second-order valence-electron chi connectivity index (χ2n) is 7.58. The van der Waals surface area contributed by atoms with E-state index in [2.05, 4.69) is 35.9 Å². The van der Waals surface area contributed by atoms with E-state index in [4.69, 9.17) is 11.2 Å². The molecule has 2 heterocycles. The lowest BCUT2D eigenvalue weighted by Crippen LogP contribution is -2.57. The molecule has 2 fully saturated rings. The number of aliphatic hydroxyl groups is 1. The number of fused-ring (bicyclic) bond motifs is 5. The molecule has 3 aliphatic rings. The molecule has 3 heteroatoms. The van der Waals surface area contributed by atoms with Gasteiger partial charge in [-0.15, -0.1) is 6.42 Å². The van der Waals surface area contributed by atoms with Crippen LogP contribution >= 0.6 is 0 Å². The Bertz CT molecular complexity index is 679. The van der Waals surface area contributed by atoms with Gasteiger partial charge in [0.15, 0.2) is 0 Å². The van der Waals surface area contributed by atoms with Crippen molar-refractivity contribution >= 4 is 0 Å². The maximum Gasteiger partial charge on any atom is 0.132 e. The summed E-state index contributed by atoms with van der Waals surface area (Å²) in [5.41, 5.74) is 1.74. The lowest BCUT2D eigenvalue weighted by Gasteiger charge is -2.54. The fourth-order valence-electron chi connectivity index (χ4n) is 5.33. The minimum absolute atomic E-state index is 0.178. The normalized spacial score (nSPS) is 39.0. The van der Waals surface area contributed by atoms with Gasteiger partial charge in [-0.1, -0.05) is 18.9 Å². The molecule has 122 valence electrons. The Balaban J connectivity index is 1.70. The van der Waals surface area contributed by atoms with Gasteiger partial charge in [-0.25, -0.2) is 0 Å². The van der Waals surface area contributed by atoms with Gasteiger partial charge in [0.05, 0.1) is 7.11 Å². The van der Waals surface area contributed by atoms with Gasteiger partial charge >= 0.3 is 0 Å². The minimum Gasteiger partial charge on any atom is -0.497 e. The molecule has 1 N–H and O–H groups in total. The summed E-state index contributed by atoms with van der Waals surface area (Å²) in [5, 5.41) is 10.9. The fourth-order valence-corrected chi connectivity index (χ4v) is 5.33. The smallest absolute Gasteiger partial charge is 0.132 e. The first-order chi connectivity index (χ1) is 11.0. The van der Waals surface area contributed by atoms with Crippen molar-refractivity contribution in [1.82, 2.24) is 4.90 Å². The van der Waals surface area contributed by atoms with Crippen molar-refractivity contribution in [3.63, 3.8) is 0 Å². The predicted molar refractivity (Wildman–Crippen MR) is 90.3 cm³/mol. The molecule has 1 aromatic carbocycles. The van der Waals surface area contributed by atoms with E-state index >= 15 is 0 Å². The van der Waals surface area contributed by atoms with Crippen molar-refractivity contribution in [2.45, 2.75) is 56.7 Å². The lowest BCUT2D eigenvalue weighted by molar-refractivity contribution is -0.0839. The second-order valence-corrected chi connectivity index (χ2v) is 7.58. The Hall–Kier alpha value is -1.50. The van der Waals surface area contributed by atoms with Gasteiger partial charge in [0.25, 0.3) is 0 Å². The number of ether oxygens (including phenoxy) is 1. The molecule has 2 aliphatic heterocycles. The molecule has 3 nitrogen and oxygen atoms in total. The maximum atomic E-state index is 10.9. The number of piperidine rings is 1. The molecular weight excluding hydrogens is 286 g/mol. The number of nitrogens with zero attached hydrogens (tertiary/aromatic N) is 1. The van der Waals surface area contributed by atoms with E-state index in [0.29, 0.717) is 12.1 Å². The quantitative estimate of drug-likeness (QED) is 0.810. The van der Waals surface area contributed by atoms with Crippen LogP contribution < -0.4 is 4.74 Å². The van der Waals surface area contributed by atoms with Crippen LogP contribution in [0.2, 0.25) is 0 Å². The monoisotopic (exact) mass is 311 g/mol. The van der Waals surface area contributed by atoms with Crippen LogP contribution in [0, 0.1) is 17.8 Å². The van der Waals surface area contributed by atoms with Crippen LogP contribution in [0.25, 0.3) is 0 Å². The summed E-state index contributed by atoms with van der Waals surface area (Å²) in [6.45, 7) is 3.25. The molecule has 23 heavy (non-hydrogen) atoms. The third-order valence-corrected chi connectivity index (χ3v) is 6.78. The maximum absolute atomic E-state index is 10.9. The van der Waals surface area contributed by atoms with Gasteiger partial charge in [-0.3, -0.25) is 4.90 Å². The lowest BCUT2D eigenvalue weighted by atomic mass is 9.66. The van der Waals surface area contributed by atoms with Crippen molar-refractivity contribution in [1.29, 1.82) is 0 Å². The number of terminal acetylenes is 1. The molecule has 0 unspecified atom stereocenters. The number of rotatable bonds is 1. The summed E-state index contributed by atoms with van der Waals surface area (Å²) in [6, 6.07) is 7.34. The third-order valence-electron chi connectivity index (χ3n) is 6.78. The Kier molecular flexibility index (Phi) is 3.27. The predicted octanol–water partition coefficient (Wildman–Crippen LogP) is 2.92. The van der Waals surface area contributed by atoms with E-state index in [1.807, 2.05) is 0 Å². The molecular formula is C20H25NO2. The largest absolute Gasteiger partial charge is 0.497 e. The highest BCUT2D eigenvalue weighted by Gasteiger charge is 2.60. The van der Waals surface area contributed by atoms with Crippen LogP contribution in [-0.2, 0) is 6.42 Å². The molecule has 0 amide bonds. The zero-order valence-corrected chi connectivity index (χ0v) is 14.0. The number of hydrogen-bond acceptors (Lipinski definition) is 3.